The monoisotopic (exact) mass is 621 g/mol. The van der Waals surface area contributed by atoms with Crippen LogP contribution in [0.3, 0.4) is 0 Å². The van der Waals surface area contributed by atoms with Crippen LogP contribution in [0.5, 0.6) is 5.75 Å². The van der Waals surface area contributed by atoms with Crippen molar-refractivity contribution in [3.63, 3.8) is 0 Å². The maximum absolute atomic E-state index is 14.5. The fourth-order valence-corrected chi connectivity index (χ4v) is 9.05. The summed E-state index contributed by atoms with van der Waals surface area (Å²) in [5, 5.41) is 25.7. The summed E-state index contributed by atoms with van der Waals surface area (Å²) < 4.78 is 6.32. The number of carbonyl (C=O) groups excluding carboxylic acids is 6. The van der Waals surface area contributed by atoms with Crippen LogP contribution in [0, 0.1) is 35.5 Å². The zero-order valence-corrected chi connectivity index (χ0v) is 25.8. The molecule has 5 aliphatic rings. The largest absolute Gasteiger partial charge is 0.507 e. The molecular weight excluding hydrogens is 578 g/mol. The molecular formula is C35H43NO9. The van der Waals surface area contributed by atoms with Gasteiger partial charge in [-0.2, -0.15) is 0 Å². The van der Waals surface area contributed by atoms with Crippen LogP contribution in [0.4, 0.5) is 0 Å². The zero-order chi connectivity index (χ0) is 32.0. The lowest BCUT2D eigenvalue weighted by Gasteiger charge is -2.55. The number of aliphatic hydroxyl groups is 1. The van der Waals surface area contributed by atoms with Crippen molar-refractivity contribution in [2.24, 2.45) is 35.5 Å². The second-order valence-corrected chi connectivity index (χ2v) is 13.9. The Kier molecular flexibility index (Phi) is 8.82. The van der Waals surface area contributed by atoms with Gasteiger partial charge in [0.1, 0.15) is 11.5 Å². The first-order chi connectivity index (χ1) is 21.6. The van der Waals surface area contributed by atoms with E-state index in [4.69, 9.17) is 4.74 Å². The number of nitrogens with one attached hydrogen (secondary N) is 1. The summed E-state index contributed by atoms with van der Waals surface area (Å²) in [6, 6.07) is 4.67. The molecule has 7 atom stereocenters. The lowest BCUT2D eigenvalue weighted by molar-refractivity contribution is -0.184. The van der Waals surface area contributed by atoms with E-state index in [1.807, 2.05) is 0 Å². The molecule has 10 heteroatoms. The van der Waals surface area contributed by atoms with E-state index in [0.29, 0.717) is 12.1 Å². The Morgan fingerprint density at radius 2 is 1.69 bits per heavy atom. The molecule has 0 bridgehead atoms. The minimum atomic E-state index is -2.81. The molecule has 2 unspecified atom stereocenters. The van der Waals surface area contributed by atoms with Crippen LogP contribution in [0.25, 0.3) is 0 Å². The SMILES string of the molecule is CCC(=O)C[C@H]1[C@H]2C(C(=O)c3c(O)cccc3[C@@H]2COC2CCCC2)C(=O)[C@]2(O)C(=O)C(C(=O)NCC3CCCC3)C(=O)C[C@H]12. The van der Waals surface area contributed by atoms with Crippen molar-refractivity contribution in [1.29, 1.82) is 0 Å². The fraction of sp³-hybridized carbons (Fsp3) is 0.657. The number of ketones is 5. The molecule has 1 aromatic rings. The van der Waals surface area contributed by atoms with E-state index in [9.17, 15) is 39.0 Å². The first-order valence-electron chi connectivity index (χ1n) is 16.7. The molecule has 3 N–H and O–H groups in total. The number of fused-ring (bicyclic) bond motifs is 3. The molecule has 10 nitrogen and oxygen atoms in total. The van der Waals surface area contributed by atoms with Gasteiger partial charge in [-0.25, -0.2) is 0 Å². The smallest absolute Gasteiger partial charge is 0.238 e. The van der Waals surface area contributed by atoms with Crippen LogP contribution in [0.1, 0.15) is 99.4 Å². The van der Waals surface area contributed by atoms with E-state index >= 15 is 0 Å². The van der Waals surface area contributed by atoms with Crippen LogP contribution in [0.15, 0.2) is 18.2 Å². The summed E-state index contributed by atoms with van der Waals surface area (Å²) in [7, 11) is 0. The molecule has 45 heavy (non-hydrogen) atoms. The van der Waals surface area contributed by atoms with E-state index in [-0.39, 0.29) is 48.6 Å². The maximum Gasteiger partial charge on any atom is 0.238 e. The van der Waals surface area contributed by atoms with Crippen molar-refractivity contribution < 1.29 is 43.7 Å². The number of rotatable bonds is 9. The van der Waals surface area contributed by atoms with Gasteiger partial charge in [-0.05, 0) is 55.1 Å². The van der Waals surface area contributed by atoms with Crippen LogP contribution < -0.4 is 5.32 Å². The van der Waals surface area contributed by atoms with Gasteiger partial charge in [0.15, 0.2) is 34.7 Å². The highest BCUT2D eigenvalue weighted by molar-refractivity contribution is 6.31. The molecule has 6 rings (SSSR count). The van der Waals surface area contributed by atoms with Crippen molar-refractivity contribution in [2.75, 3.05) is 13.2 Å². The zero-order valence-electron chi connectivity index (χ0n) is 25.8. The van der Waals surface area contributed by atoms with E-state index in [1.165, 1.54) is 6.07 Å². The second-order valence-electron chi connectivity index (χ2n) is 13.9. The molecule has 0 saturated heterocycles. The molecule has 0 radical (unpaired) electrons. The standard InChI is InChI=1S/C35H43NO9/c1-2-19(37)14-22-24-15-26(39)29(34(43)36-16-18-8-3-4-9-18)32(41)35(24,44)33(42)30-27(22)23(17-45-20-10-5-6-11-20)21-12-7-13-25(38)28(21)31(30)40/h7,12-13,18,20,22-24,27,29-30,38,44H,2-6,8-11,14-17H2,1H3,(H,36,43)/t22-,23+,24-,27-,29?,30?,35-/m1/s1. The Morgan fingerprint density at radius 3 is 2.38 bits per heavy atom. The number of phenols is 1. The minimum absolute atomic E-state index is 0.00451. The van der Waals surface area contributed by atoms with Gasteiger partial charge in [0.05, 0.1) is 24.2 Å². The van der Waals surface area contributed by atoms with Crippen molar-refractivity contribution in [3.05, 3.63) is 29.3 Å². The van der Waals surface area contributed by atoms with Crippen molar-refractivity contribution >= 4 is 34.8 Å². The number of aromatic hydroxyl groups is 1. The van der Waals surface area contributed by atoms with Gasteiger partial charge in [-0.3, -0.25) is 28.8 Å². The lowest BCUT2D eigenvalue weighted by atomic mass is 9.47. The van der Waals surface area contributed by atoms with Crippen molar-refractivity contribution in [2.45, 2.75) is 95.2 Å². The molecule has 1 aromatic carbocycles. The Morgan fingerprint density at radius 1 is 1.00 bits per heavy atom. The molecule has 0 heterocycles. The number of amides is 1. The van der Waals surface area contributed by atoms with Crippen LogP contribution in [0.2, 0.25) is 0 Å². The molecule has 0 aromatic heterocycles. The first-order valence-corrected chi connectivity index (χ1v) is 16.7. The Bertz CT molecular complexity index is 1410. The third-order valence-corrected chi connectivity index (χ3v) is 11.4. The number of ether oxygens (including phenoxy) is 1. The van der Waals surface area contributed by atoms with Crippen LogP contribution >= 0.6 is 0 Å². The normalized spacial score (nSPS) is 33.6. The average molecular weight is 622 g/mol. The summed E-state index contributed by atoms with van der Waals surface area (Å²) in [5.41, 5.74) is -2.37. The fourth-order valence-electron chi connectivity index (χ4n) is 9.05. The van der Waals surface area contributed by atoms with E-state index in [2.05, 4.69) is 5.32 Å². The number of hydrogen-bond donors (Lipinski definition) is 3. The number of benzene rings is 1. The summed E-state index contributed by atoms with van der Waals surface area (Å²) in [4.78, 5) is 82.6. The molecule has 4 fully saturated rings. The van der Waals surface area contributed by atoms with Crippen molar-refractivity contribution in [1.82, 2.24) is 5.32 Å². The highest BCUT2D eigenvalue weighted by Gasteiger charge is 2.70. The predicted octanol–water partition coefficient (Wildman–Crippen LogP) is 3.24. The summed E-state index contributed by atoms with van der Waals surface area (Å²) in [6.07, 6.45) is 7.27. The number of phenolic OH excluding ortho intramolecular Hbond substituents is 1. The maximum atomic E-state index is 14.5. The lowest BCUT2D eigenvalue weighted by Crippen LogP contribution is -2.71. The Hall–Kier alpha value is -3.24. The topological polar surface area (TPSA) is 164 Å². The molecule has 1 amide bonds. The van der Waals surface area contributed by atoms with Gasteiger partial charge in [0.25, 0.3) is 0 Å². The quantitative estimate of drug-likeness (QED) is 0.351. The first kappa shape index (κ1) is 31.7. The highest BCUT2D eigenvalue weighted by atomic mass is 16.5. The molecule has 5 aliphatic carbocycles. The Labute approximate surface area is 262 Å². The summed E-state index contributed by atoms with van der Waals surface area (Å²) in [6.45, 7) is 2.09. The molecule has 4 saturated carbocycles. The minimum Gasteiger partial charge on any atom is -0.507 e. The number of hydrogen-bond acceptors (Lipinski definition) is 9. The third-order valence-electron chi connectivity index (χ3n) is 11.4. The number of Topliss-reactive ketones (excluding diaryl/α,β-unsaturated/α-hetero) is 5. The molecule has 0 spiro atoms. The van der Waals surface area contributed by atoms with Gasteiger partial charge in [-0.15, -0.1) is 0 Å². The van der Waals surface area contributed by atoms with Crippen LogP contribution in [-0.4, -0.2) is 69.9 Å². The molecule has 242 valence electrons. The number of carbonyl (C=O) groups is 6. The van der Waals surface area contributed by atoms with E-state index in [1.54, 1.807) is 19.1 Å². The van der Waals surface area contributed by atoms with Gasteiger partial charge < -0.3 is 20.3 Å². The van der Waals surface area contributed by atoms with Crippen LogP contribution in [-0.2, 0) is 28.7 Å². The third kappa shape index (κ3) is 5.37. The second kappa shape index (κ2) is 12.5. The summed E-state index contributed by atoms with van der Waals surface area (Å²) in [5.74, 6) is -11.9. The average Bonchev–Trinajstić information content (AvgIpc) is 3.74. The van der Waals surface area contributed by atoms with E-state index in [0.717, 1.165) is 51.4 Å². The Balaban J connectivity index is 1.41. The highest BCUT2D eigenvalue weighted by Crippen LogP contribution is 2.57. The van der Waals surface area contributed by atoms with Gasteiger partial charge in [0, 0.05) is 37.6 Å². The van der Waals surface area contributed by atoms with E-state index < -0.39 is 76.6 Å². The van der Waals surface area contributed by atoms with Crippen molar-refractivity contribution in [3.8, 4) is 5.75 Å². The van der Waals surface area contributed by atoms with Gasteiger partial charge in [0.2, 0.25) is 5.91 Å². The van der Waals surface area contributed by atoms with Gasteiger partial charge in [-0.1, -0.05) is 44.7 Å². The summed E-state index contributed by atoms with van der Waals surface area (Å²) >= 11 is 0. The molecule has 0 aliphatic heterocycles. The predicted molar refractivity (Wildman–Crippen MR) is 160 cm³/mol. The van der Waals surface area contributed by atoms with Gasteiger partial charge >= 0.3 is 0 Å².